The molecule has 462 valence electrons. The third kappa shape index (κ3) is 10.6. The van der Waals surface area contributed by atoms with Crippen molar-refractivity contribution in [3.8, 4) is 11.3 Å². The van der Waals surface area contributed by atoms with E-state index in [0.29, 0.717) is 123 Å². The van der Waals surface area contributed by atoms with Crippen molar-refractivity contribution in [2.24, 2.45) is 11.8 Å². The number of ketones is 2. The molecule has 6 fully saturated rings. The second-order valence-corrected chi connectivity index (χ2v) is 26.8. The Morgan fingerprint density at radius 1 is 0.727 bits per heavy atom. The van der Waals surface area contributed by atoms with Gasteiger partial charge >= 0.3 is 0 Å². The number of imide groups is 1. The zero-order valence-electron chi connectivity index (χ0n) is 51.2. The normalized spacial score (nSPS) is 24.2. The highest BCUT2D eigenvalue weighted by molar-refractivity contribution is 6.26. The molecule has 7 heterocycles. The van der Waals surface area contributed by atoms with Gasteiger partial charge in [0.25, 0.3) is 17.7 Å². The molecule has 20 heteroatoms. The molecule has 3 aromatic carbocycles. The van der Waals surface area contributed by atoms with E-state index in [1.165, 1.54) is 31.4 Å². The lowest BCUT2D eigenvalue weighted by atomic mass is 9.72. The van der Waals surface area contributed by atoms with Gasteiger partial charge in [-0.25, -0.2) is 14.4 Å². The van der Waals surface area contributed by atoms with Crippen LogP contribution in [0.5, 0.6) is 0 Å². The zero-order valence-corrected chi connectivity index (χ0v) is 51.2. The second-order valence-electron chi connectivity index (χ2n) is 26.8. The number of carbonyl (C=O) groups is 8. The summed E-state index contributed by atoms with van der Waals surface area (Å²) in [6.07, 6.45) is 11.9. The molecular weight excluding hydrogens is 1120 g/mol. The lowest BCUT2D eigenvalue weighted by Crippen LogP contribution is -2.58. The minimum Gasteiger partial charge on any atom is -0.382 e. The smallest absolute Gasteiger partial charge is 0.264 e. The first kappa shape index (κ1) is 59.1. The summed E-state index contributed by atoms with van der Waals surface area (Å²) in [5.74, 6) is -2.18. The first-order valence-electron chi connectivity index (χ1n) is 32.2. The van der Waals surface area contributed by atoms with Crippen LogP contribution in [0.15, 0.2) is 60.9 Å². The van der Waals surface area contributed by atoms with Crippen molar-refractivity contribution in [3.05, 3.63) is 94.6 Å². The van der Waals surface area contributed by atoms with Gasteiger partial charge in [0.15, 0.2) is 11.6 Å². The molecule has 3 aliphatic carbocycles. The maximum atomic E-state index is 16.0. The molecule has 13 rings (SSSR count). The van der Waals surface area contributed by atoms with E-state index in [4.69, 9.17) is 9.97 Å². The van der Waals surface area contributed by atoms with Crippen molar-refractivity contribution < 1.29 is 42.7 Å². The monoisotopic (exact) mass is 1200 g/mol. The van der Waals surface area contributed by atoms with Gasteiger partial charge in [0.05, 0.1) is 52.2 Å². The number of hydrogen-bond acceptors (Lipinski definition) is 13. The number of aromatic nitrogens is 3. The molecule has 19 nitrogen and oxygen atoms in total. The molecule has 2 aromatic heterocycles. The van der Waals surface area contributed by atoms with E-state index in [-0.39, 0.29) is 101 Å². The molecule has 3 N–H and O–H groups in total. The maximum absolute atomic E-state index is 16.0. The Bertz CT molecular complexity index is 3670. The average Bonchev–Trinajstić information content (AvgIpc) is 1.57. The Morgan fingerprint density at radius 2 is 1.42 bits per heavy atom. The Kier molecular flexibility index (Phi) is 15.8. The van der Waals surface area contributed by atoms with E-state index in [2.05, 4.69) is 37.9 Å². The lowest BCUT2D eigenvalue weighted by molar-refractivity contribution is -0.143. The number of carbonyl (C=O) groups excluding carboxylic acids is 8. The summed E-state index contributed by atoms with van der Waals surface area (Å²) in [5, 5.41) is 9.68. The van der Waals surface area contributed by atoms with Crippen molar-refractivity contribution in [1.29, 1.82) is 0 Å². The molecule has 5 aliphatic heterocycles. The van der Waals surface area contributed by atoms with Gasteiger partial charge in [0, 0.05) is 97.1 Å². The van der Waals surface area contributed by atoms with Crippen molar-refractivity contribution in [1.82, 2.24) is 39.5 Å². The second kappa shape index (κ2) is 23.6. The van der Waals surface area contributed by atoms with Crippen LogP contribution in [0.3, 0.4) is 0 Å². The van der Waals surface area contributed by atoms with Crippen LogP contribution in [0.25, 0.3) is 22.3 Å². The number of likely N-dealkylation sites (tertiary alicyclic amines) is 3. The van der Waals surface area contributed by atoms with Crippen LogP contribution in [-0.2, 0) is 29.4 Å². The summed E-state index contributed by atoms with van der Waals surface area (Å²) < 4.78 is 18.0. The highest BCUT2D eigenvalue weighted by Gasteiger charge is 2.56. The number of imidazole rings is 1. The molecule has 1 spiro atoms. The number of anilines is 4. The molecule has 0 radical (unpaired) electrons. The number of nitrogens with zero attached hydrogens (tertiary/aromatic N) is 8. The quantitative estimate of drug-likeness (QED) is 0.0740. The van der Waals surface area contributed by atoms with E-state index in [1.54, 1.807) is 31.5 Å². The van der Waals surface area contributed by atoms with Gasteiger partial charge in [0.2, 0.25) is 17.7 Å². The van der Waals surface area contributed by atoms with Gasteiger partial charge in [-0.05, 0) is 179 Å². The molecule has 1 unspecified atom stereocenters. The third-order valence-electron chi connectivity index (χ3n) is 20.6. The molecule has 3 saturated heterocycles. The number of piperidine rings is 3. The van der Waals surface area contributed by atoms with Crippen LogP contribution in [0.4, 0.5) is 27.3 Å². The standard InChI is InChI=1S/C68H80FN11O8/c1-38(2)71-62(83)49-35-54(51(69)30-40(49)5)74-61-60-55(70-37-78(60)39(3)4)36-53(73-61)43-16-18-50-57(31-43)79(46-32-45(33-46)75-24-7-6-8-25-75)67(88)68(50)22-28-77(29-23-68)64(85)42-14-12-41(13-15-42)63(84)76-26-20-44(21-27-76)72-52-11-9-10-48-59(52)66(87)80(65(48)86)56-19-17-47(81)34-58(56)82/h9-11,16,18,30-31,35-39,41-42,44-46,56,72H,6-8,12-15,17,19-29,32-34H2,1-5H3,(H,71,83)(H,73,74). The largest absolute Gasteiger partial charge is 0.382 e. The van der Waals surface area contributed by atoms with Gasteiger partial charge in [0.1, 0.15) is 17.1 Å². The first-order valence-corrected chi connectivity index (χ1v) is 32.2. The Labute approximate surface area is 512 Å². The van der Waals surface area contributed by atoms with E-state index >= 15 is 9.18 Å². The fourth-order valence-electron chi connectivity index (χ4n) is 15.6. The number of aryl methyl sites for hydroxylation is 1. The van der Waals surface area contributed by atoms with E-state index in [0.717, 1.165) is 47.6 Å². The first-order chi connectivity index (χ1) is 42.3. The number of rotatable bonds is 13. The number of pyridine rings is 1. The maximum Gasteiger partial charge on any atom is 0.264 e. The van der Waals surface area contributed by atoms with Gasteiger partial charge in [-0.3, -0.25) is 43.3 Å². The van der Waals surface area contributed by atoms with Crippen molar-refractivity contribution in [3.63, 3.8) is 0 Å². The molecule has 0 bridgehead atoms. The van der Waals surface area contributed by atoms with Crippen LogP contribution in [0.1, 0.15) is 179 Å². The van der Waals surface area contributed by atoms with Crippen molar-refractivity contribution >= 4 is 80.9 Å². The Morgan fingerprint density at radius 3 is 2.09 bits per heavy atom. The van der Waals surface area contributed by atoms with Crippen LogP contribution in [-0.4, -0.2) is 151 Å². The molecule has 88 heavy (non-hydrogen) atoms. The Hall–Kier alpha value is -7.87. The minimum absolute atomic E-state index is 0.00267. The Balaban J connectivity index is 0.676. The highest BCUT2D eigenvalue weighted by Crippen LogP contribution is 2.53. The topological polar surface area (TPSA) is 220 Å². The molecule has 3 saturated carbocycles. The fourth-order valence-corrected chi connectivity index (χ4v) is 15.6. The van der Waals surface area contributed by atoms with Gasteiger partial charge in [-0.15, -0.1) is 0 Å². The number of hydrogen-bond donors (Lipinski definition) is 3. The van der Waals surface area contributed by atoms with Crippen molar-refractivity contribution in [2.45, 2.75) is 179 Å². The van der Waals surface area contributed by atoms with Crippen LogP contribution >= 0.6 is 0 Å². The predicted molar refractivity (Wildman–Crippen MR) is 331 cm³/mol. The highest BCUT2D eigenvalue weighted by atomic mass is 19.1. The van der Waals surface area contributed by atoms with E-state index in [1.807, 2.05) is 54.2 Å². The summed E-state index contributed by atoms with van der Waals surface area (Å²) >= 11 is 0. The molecule has 6 amide bonds. The van der Waals surface area contributed by atoms with E-state index in [9.17, 15) is 33.6 Å². The van der Waals surface area contributed by atoms with E-state index < -0.39 is 34.9 Å². The van der Waals surface area contributed by atoms with Gasteiger partial charge in [-0.2, -0.15) is 0 Å². The number of amides is 6. The predicted octanol–water partition coefficient (Wildman–Crippen LogP) is 9.43. The molecular formula is C68H80FN11O8. The fraction of sp³-hybridized carbons (Fsp3) is 0.529. The van der Waals surface area contributed by atoms with Gasteiger partial charge in [-0.1, -0.05) is 24.6 Å². The number of fused-ring (bicyclic) bond motifs is 4. The van der Waals surface area contributed by atoms with Crippen LogP contribution < -0.4 is 20.9 Å². The average molecular weight is 1200 g/mol. The number of Topliss-reactive ketones (excluding diaryl/α,β-unsaturated/α-hetero) is 2. The summed E-state index contributed by atoms with van der Waals surface area (Å²) in [5.41, 5.74) is 5.73. The number of nitrogens with one attached hydrogen (secondary N) is 3. The lowest BCUT2D eigenvalue weighted by Gasteiger charge is -2.48. The summed E-state index contributed by atoms with van der Waals surface area (Å²) in [4.78, 5) is 129. The summed E-state index contributed by atoms with van der Waals surface area (Å²) in [7, 11) is 0. The molecule has 1 atom stereocenters. The van der Waals surface area contributed by atoms with Crippen LogP contribution in [0, 0.1) is 24.6 Å². The van der Waals surface area contributed by atoms with Gasteiger partial charge < -0.3 is 40.1 Å². The summed E-state index contributed by atoms with van der Waals surface area (Å²) in [6, 6.07) is 15.5. The minimum atomic E-state index is -0.945. The molecule has 5 aromatic rings. The molecule has 8 aliphatic rings. The number of benzene rings is 3. The summed E-state index contributed by atoms with van der Waals surface area (Å²) in [6.45, 7) is 13.7. The third-order valence-corrected chi connectivity index (χ3v) is 20.6. The van der Waals surface area contributed by atoms with Crippen molar-refractivity contribution in [2.75, 3.05) is 54.8 Å². The zero-order chi connectivity index (χ0) is 61.4. The SMILES string of the molecule is Cc1cc(F)c(Nc2nc(-c3ccc4c(c3)N(C3CC(N5CCCCC5)C3)C(=O)C43CCN(C(=O)C4CCC(C(=O)N5CCC(Nc6cccc7c6C(=O)N(C6CCC(=O)CC6=O)C7=O)CC5)CC4)CC3)cc3ncn(C(C)C)c23)cc1C(=O)NC(C)C. The number of halogens is 1. The van der Waals surface area contributed by atoms with Crippen LogP contribution in [0.2, 0.25) is 0 Å².